The molecular weight excluding hydrogens is 352 g/mol. The molecule has 11 heteroatoms. The van der Waals surface area contributed by atoms with Crippen LogP contribution in [0.3, 0.4) is 0 Å². The molecule has 0 saturated carbocycles. The number of nitrogens with one attached hydrogen (secondary N) is 1. The first-order valence-corrected chi connectivity index (χ1v) is 9.19. The molecule has 1 atom stereocenters. The van der Waals surface area contributed by atoms with Gasteiger partial charge < -0.3 is 15.4 Å². The fourth-order valence-electron chi connectivity index (χ4n) is 2.46. The van der Waals surface area contributed by atoms with E-state index >= 15 is 0 Å². The number of aromatic carboxylic acids is 1. The molecule has 9 nitrogen and oxygen atoms in total. The molecule has 2 aromatic heterocycles. The number of nitrogens with zero attached hydrogens (tertiary/aromatic N) is 5. The summed E-state index contributed by atoms with van der Waals surface area (Å²) in [5.41, 5.74) is 3.22. The summed E-state index contributed by atoms with van der Waals surface area (Å²) in [7, 11) is 0. The van der Waals surface area contributed by atoms with E-state index in [0.29, 0.717) is 29.6 Å². The van der Waals surface area contributed by atoms with Crippen LogP contribution in [0.25, 0.3) is 0 Å². The van der Waals surface area contributed by atoms with Crippen LogP contribution >= 0.6 is 23.1 Å². The molecule has 3 heterocycles. The van der Waals surface area contributed by atoms with E-state index in [9.17, 15) is 9.59 Å². The molecule has 2 N–H and O–H groups in total. The highest BCUT2D eigenvalue weighted by atomic mass is 32.2. The van der Waals surface area contributed by atoms with Gasteiger partial charge in [0.1, 0.15) is 12.7 Å². The Morgan fingerprint density at radius 2 is 2.25 bits per heavy atom. The van der Waals surface area contributed by atoms with Crippen LogP contribution in [0.15, 0.2) is 22.4 Å². The number of aromatic nitrogens is 4. The Hall–Kier alpha value is -2.14. The first-order valence-electron chi connectivity index (χ1n) is 7.33. The summed E-state index contributed by atoms with van der Waals surface area (Å²) in [4.78, 5) is 28.8. The van der Waals surface area contributed by atoms with Crippen molar-refractivity contribution in [3.05, 3.63) is 23.7 Å². The molecule has 0 unspecified atom stereocenters. The maximum atomic E-state index is 12.0. The SMILES string of the molecule is O=C(O)c1csc(SCCN2C(=O)CC[C@@H]2CNn2cnnc2)n1. The normalized spacial score (nSPS) is 17.4. The third kappa shape index (κ3) is 4.03. The van der Waals surface area contributed by atoms with Crippen LogP contribution in [0.2, 0.25) is 0 Å². The quantitative estimate of drug-likeness (QED) is 0.657. The minimum absolute atomic E-state index is 0.0655. The molecule has 0 radical (unpaired) electrons. The number of likely N-dealkylation sites (tertiary alicyclic amines) is 1. The molecule has 1 aliphatic rings. The standard InChI is InChI=1S/C13H16N6O3S2/c20-11-2-1-9(5-16-18-7-14-15-8-18)19(11)3-4-23-13-17-10(6-24-13)12(21)22/h6-9,16H,1-5H2,(H,21,22)/t9-/m1/s1. The highest BCUT2D eigenvalue weighted by Crippen LogP contribution is 2.24. The first kappa shape index (κ1) is 16.7. The lowest BCUT2D eigenvalue weighted by molar-refractivity contribution is -0.128. The Labute approximate surface area is 146 Å². The van der Waals surface area contributed by atoms with Crippen LogP contribution in [-0.2, 0) is 4.79 Å². The number of carboxylic acids is 1. The maximum Gasteiger partial charge on any atom is 0.355 e. The average molecular weight is 368 g/mol. The van der Waals surface area contributed by atoms with Crippen molar-refractivity contribution in [3.63, 3.8) is 0 Å². The zero-order valence-corrected chi connectivity index (χ0v) is 14.3. The summed E-state index contributed by atoms with van der Waals surface area (Å²) in [6, 6.07) is 0.131. The van der Waals surface area contributed by atoms with Gasteiger partial charge in [0.2, 0.25) is 5.91 Å². The van der Waals surface area contributed by atoms with Gasteiger partial charge in [-0.15, -0.1) is 21.5 Å². The summed E-state index contributed by atoms with van der Waals surface area (Å²) in [5, 5.41) is 17.8. The molecule has 0 spiro atoms. The van der Waals surface area contributed by atoms with E-state index in [0.717, 1.165) is 6.42 Å². The molecule has 1 fully saturated rings. The number of carboxylic acid groups (broad SMARTS) is 1. The lowest BCUT2D eigenvalue weighted by Crippen LogP contribution is -2.40. The molecule has 2 aromatic rings. The summed E-state index contributed by atoms with van der Waals surface area (Å²) < 4.78 is 2.37. The van der Waals surface area contributed by atoms with Gasteiger partial charge in [0.05, 0.1) is 12.6 Å². The van der Waals surface area contributed by atoms with Crippen molar-refractivity contribution in [2.24, 2.45) is 0 Å². The van der Waals surface area contributed by atoms with E-state index in [1.54, 1.807) is 17.3 Å². The largest absolute Gasteiger partial charge is 0.476 e. The van der Waals surface area contributed by atoms with Gasteiger partial charge in [0.25, 0.3) is 0 Å². The monoisotopic (exact) mass is 368 g/mol. The van der Waals surface area contributed by atoms with Gasteiger partial charge in [-0.25, -0.2) is 14.5 Å². The molecule has 1 amide bonds. The van der Waals surface area contributed by atoms with Gasteiger partial charge >= 0.3 is 5.97 Å². The van der Waals surface area contributed by atoms with Gasteiger partial charge in [-0.05, 0) is 6.42 Å². The van der Waals surface area contributed by atoms with Crippen LogP contribution < -0.4 is 5.43 Å². The van der Waals surface area contributed by atoms with Gasteiger partial charge in [0, 0.05) is 24.1 Å². The Kier molecular flexibility index (Phi) is 5.30. The molecule has 24 heavy (non-hydrogen) atoms. The molecule has 1 saturated heterocycles. The van der Waals surface area contributed by atoms with Crippen LogP contribution in [0.4, 0.5) is 0 Å². The highest BCUT2D eigenvalue weighted by Gasteiger charge is 2.30. The van der Waals surface area contributed by atoms with Crippen LogP contribution in [0.5, 0.6) is 0 Å². The van der Waals surface area contributed by atoms with Crippen molar-refractivity contribution < 1.29 is 14.7 Å². The predicted octanol–water partition coefficient (Wildman–Crippen LogP) is 0.760. The van der Waals surface area contributed by atoms with E-state index in [1.807, 2.05) is 4.90 Å². The van der Waals surface area contributed by atoms with E-state index < -0.39 is 5.97 Å². The molecule has 0 aromatic carbocycles. The Bertz CT molecular complexity index is 704. The number of thioether (sulfide) groups is 1. The third-order valence-corrected chi connectivity index (χ3v) is 5.64. The second kappa shape index (κ2) is 7.62. The van der Waals surface area contributed by atoms with Gasteiger partial charge in [0.15, 0.2) is 10.0 Å². The van der Waals surface area contributed by atoms with Crippen molar-refractivity contribution in [1.29, 1.82) is 0 Å². The molecular formula is C13H16N6O3S2. The number of thiazole rings is 1. The molecule has 3 rings (SSSR count). The number of rotatable bonds is 8. The average Bonchev–Trinajstić information content (AvgIpc) is 3.28. The number of hydrogen-bond donors (Lipinski definition) is 2. The van der Waals surface area contributed by atoms with Crippen molar-refractivity contribution in [3.8, 4) is 0 Å². The summed E-state index contributed by atoms with van der Waals surface area (Å²) in [5.74, 6) is -0.189. The molecule has 1 aliphatic heterocycles. The topological polar surface area (TPSA) is 113 Å². The van der Waals surface area contributed by atoms with E-state index in [4.69, 9.17) is 5.11 Å². The third-order valence-electron chi connectivity index (χ3n) is 3.64. The Balaban J connectivity index is 1.48. The number of carbonyl (C=O) groups is 2. The fourth-order valence-corrected chi connectivity index (χ4v) is 4.27. The van der Waals surface area contributed by atoms with Crippen molar-refractivity contribution in [1.82, 2.24) is 24.8 Å². The van der Waals surface area contributed by atoms with Gasteiger partial charge in [-0.1, -0.05) is 11.8 Å². The second-order valence-corrected chi connectivity index (χ2v) is 7.36. The van der Waals surface area contributed by atoms with Crippen LogP contribution in [0, 0.1) is 0 Å². The zero-order valence-electron chi connectivity index (χ0n) is 12.7. The Morgan fingerprint density at radius 3 is 2.96 bits per heavy atom. The molecule has 0 aliphatic carbocycles. The fraction of sp³-hybridized carbons (Fsp3) is 0.462. The number of carbonyl (C=O) groups excluding carboxylic acids is 1. The maximum absolute atomic E-state index is 12.0. The lowest BCUT2D eigenvalue weighted by Gasteiger charge is -2.25. The summed E-state index contributed by atoms with van der Waals surface area (Å²) in [6.45, 7) is 1.24. The highest BCUT2D eigenvalue weighted by molar-refractivity contribution is 8.01. The lowest BCUT2D eigenvalue weighted by atomic mass is 10.2. The first-order chi connectivity index (χ1) is 11.6. The molecule has 0 bridgehead atoms. The van der Waals surface area contributed by atoms with Crippen LogP contribution in [-0.4, -0.2) is 66.6 Å². The van der Waals surface area contributed by atoms with Crippen molar-refractivity contribution in [2.45, 2.75) is 23.2 Å². The number of amides is 1. The van der Waals surface area contributed by atoms with E-state index in [-0.39, 0.29) is 17.6 Å². The van der Waals surface area contributed by atoms with Crippen LogP contribution in [0.1, 0.15) is 23.3 Å². The zero-order chi connectivity index (χ0) is 16.9. The second-order valence-electron chi connectivity index (χ2n) is 5.16. The smallest absolute Gasteiger partial charge is 0.355 e. The summed E-state index contributed by atoms with van der Waals surface area (Å²) >= 11 is 2.78. The number of hydrogen-bond acceptors (Lipinski definition) is 8. The summed E-state index contributed by atoms with van der Waals surface area (Å²) in [6.07, 6.45) is 4.51. The van der Waals surface area contributed by atoms with Gasteiger partial charge in [-0.3, -0.25) is 4.79 Å². The van der Waals surface area contributed by atoms with Gasteiger partial charge in [-0.2, -0.15) is 0 Å². The van der Waals surface area contributed by atoms with Crippen molar-refractivity contribution >= 4 is 35.0 Å². The van der Waals surface area contributed by atoms with E-state index in [2.05, 4.69) is 20.6 Å². The minimum atomic E-state index is -1.02. The molecule has 128 valence electrons. The Morgan fingerprint density at radius 1 is 1.46 bits per heavy atom. The van der Waals surface area contributed by atoms with Crippen molar-refractivity contribution in [2.75, 3.05) is 24.3 Å². The van der Waals surface area contributed by atoms with E-state index in [1.165, 1.54) is 28.5 Å². The predicted molar refractivity (Wildman–Crippen MR) is 88.8 cm³/mol. The minimum Gasteiger partial charge on any atom is -0.476 e.